The van der Waals surface area contributed by atoms with Crippen molar-refractivity contribution in [2.75, 3.05) is 6.61 Å². The lowest BCUT2D eigenvalue weighted by atomic mass is 10.00. The summed E-state index contributed by atoms with van der Waals surface area (Å²) in [7, 11) is 0. The van der Waals surface area contributed by atoms with Gasteiger partial charge in [-0.1, -0.05) is 13.3 Å². The van der Waals surface area contributed by atoms with Crippen molar-refractivity contribution in [3.8, 4) is 0 Å². The summed E-state index contributed by atoms with van der Waals surface area (Å²) >= 11 is 0. The van der Waals surface area contributed by atoms with Gasteiger partial charge in [-0.15, -0.1) is 0 Å². The summed E-state index contributed by atoms with van der Waals surface area (Å²) in [6, 6.07) is 0. The first-order chi connectivity index (χ1) is 4.22. The van der Waals surface area contributed by atoms with E-state index in [9.17, 15) is 0 Å². The molecule has 0 saturated carbocycles. The summed E-state index contributed by atoms with van der Waals surface area (Å²) in [6.07, 6.45) is 1.57. The molecule has 0 rings (SSSR count). The average molecular weight is 132 g/mol. The third kappa shape index (κ3) is 3.49. The monoisotopic (exact) mass is 132 g/mol. The Bertz CT molecular complexity index is 61.9. The van der Waals surface area contributed by atoms with Crippen molar-refractivity contribution >= 4 is 0 Å². The maximum atomic E-state index is 8.98. The van der Waals surface area contributed by atoms with Gasteiger partial charge in [0.25, 0.3) is 0 Å². The SMILES string of the molecule is CCC[C@H](CO)[C@H](C)O. The van der Waals surface area contributed by atoms with Crippen LogP contribution < -0.4 is 0 Å². The fraction of sp³-hybridized carbons (Fsp3) is 1.00. The molecule has 0 unspecified atom stereocenters. The largest absolute Gasteiger partial charge is 0.396 e. The molecule has 0 amide bonds. The van der Waals surface area contributed by atoms with E-state index in [0.717, 1.165) is 12.8 Å². The van der Waals surface area contributed by atoms with E-state index in [1.807, 2.05) is 6.92 Å². The van der Waals surface area contributed by atoms with Gasteiger partial charge in [0.05, 0.1) is 6.10 Å². The fourth-order valence-corrected chi connectivity index (χ4v) is 0.856. The van der Waals surface area contributed by atoms with Crippen LogP contribution in [0, 0.1) is 5.92 Å². The van der Waals surface area contributed by atoms with Gasteiger partial charge in [0, 0.05) is 12.5 Å². The first-order valence-corrected chi connectivity index (χ1v) is 3.51. The third-order valence-corrected chi connectivity index (χ3v) is 1.58. The zero-order chi connectivity index (χ0) is 7.28. The Morgan fingerprint density at radius 1 is 1.44 bits per heavy atom. The molecule has 0 aromatic rings. The fourth-order valence-electron chi connectivity index (χ4n) is 0.856. The Morgan fingerprint density at radius 2 is 2.00 bits per heavy atom. The minimum Gasteiger partial charge on any atom is -0.396 e. The summed E-state index contributed by atoms with van der Waals surface area (Å²) in [5.41, 5.74) is 0. The van der Waals surface area contributed by atoms with Gasteiger partial charge in [-0.2, -0.15) is 0 Å². The van der Waals surface area contributed by atoms with E-state index in [1.165, 1.54) is 0 Å². The molecule has 2 nitrogen and oxygen atoms in total. The van der Waals surface area contributed by atoms with Crippen molar-refractivity contribution in [1.29, 1.82) is 0 Å². The zero-order valence-corrected chi connectivity index (χ0v) is 6.17. The molecule has 0 aromatic carbocycles. The minimum atomic E-state index is -0.366. The molecule has 2 heteroatoms. The van der Waals surface area contributed by atoms with E-state index in [2.05, 4.69) is 0 Å². The van der Waals surface area contributed by atoms with E-state index in [4.69, 9.17) is 10.2 Å². The molecule has 0 aromatic heterocycles. The van der Waals surface area contributed by atoms with E-state index in [0.29, 0.717) is 0 Å². The van der Waals surface area contributed by atoms with Gasteiger partial charge in [0.15, 0.2) is 0 Å². The van der Waals surface area contributed by atoms with Crippen molar-refractivity contribution < 1.29 is 10.2 Å². The first-order valence-electron chi connectivity index (χ1n) is 3.51. The normalized spacial score (nSPS) is 17.3. The van der Waals surface area contributed by atoms with E-state index < -0.39 is 0 Å². The lowest BCUT2D eigenvalue weighted by Gasteiger charge is -2.15. The maximum Gasteiger partial charge on any atom is 0.0562 e. The van der Waals surface area contributed by atoms with Crippen LogP contribution in [0.15, 0.2) is 0 Å². The molecule has 0 aliphatic heterocycles. The quantitative estimate of drug-likeness (QED) is 0.593. The van der Waals surface area contributed by atoms with Crippen LogP contribution >= 0.6 is 0 Å². The molecule has 0 spiro atoms. The molecule has 2 N–H and O–H groups in total. The van der Waals surface area contributed by atoms with Crippen LogP contribution in [0.1, 0.15) is 26.7 Å². The van der Waals surface area contributed by atoms with Gasteiger partial charge in [-0.3, -0.25) is 0 Å². The van der Waals surface area contributed by atoms with E-state index in [-0.39, 0.29) is 18.6 Å². The second kappa shape index (κ2) is 4.77. The summed E-state index contributed by atoms with van der Waals surface area (Å²) in [6.45, 7) is 3.87. The van der Waals surface area contributed by atoms with Crippen LogP contribution in [-0.4, -0.2) is 22.9 Å². The summed E-state index contributed by atoms with van der Waals surface area (Å²) in [4.78, 5) is 0. The van der Waals surface area contributed by atoms with Crippen LogP contribution in [-0.2, 0) is 0 Å². The first kappa shape index (κ1) is 8.92. The minimum absolute atomic E-state index is 0.0787. The molecule has 0 bridgehead atoms. The van der Waals surface area contributed by atoms with Gasteiger partial charge < -0.3 is 10.2 Å². The number of aliphatic hydroxyl groups excluding tert-OH is 2. The van der Waals surface area contributed by atoms with Crippen molar-refractivity contribution in [1.82, 2.24) is 0 Å². The molecule has 0 radical (unpaired) electrons. The molecular weight excluding hydrogens is 116 g/mol. The Kier molecular flexibility index (Phi) is 4.72. The van der Waals surface area contributed by atoms with Gasteiger partial charge in [0.2, 0.25) is 0 Å². The van der Waals surface area contributed by atoms with Gasteiger partial charge in [-0.05, 0) is 13.3 Å². The van der Waals surface area contributed by atoms with Crippen LogP contribution in [0.2, 0.25) is 0 Å². The van der Waals surface area contributed by atoms with Crippen molar-refractivity contribution in [3.63, 3.8) is 0 Å². The topological polar surface area (TPSA) is 40.5 Å². The zero-order valence-electron chi connectivity index (χ0n) is 6.17. The molecule has 0 aliphatic rings. The van der Waals surface area contributed by atoms with E-state index in [1.54, 1.807) is 6.92 Å². The highest BCUT2D eigenvalue weighted by molar-refractivity contribution is 4.61. The standard InChI is InChI=1S/C7H16O2/c1-3-4-7(5-8)6(2)9/h6-9H,3-5H2,1-2H3/t6-,7+/m0/s1. The van der Waals surface area contributed by atoms with Crippen LogP contribution in [0.5, 0.6) is 0 Å². The summed E-state index contributed by atoms with van der Waals surface area (Å²) in [5, 5.41) is 17.7. The Hall–Kier alpha value is -0.0800. The molecular formula is C7H16O2. The molecule has 9 heavy (non-hydrogen) atoms. The molecule has 0 fully saturated rings. The summed E-state index contributed by atoms with van der Waals surface area (Å²) < 4.78 is 0. The summed E-state index contributed by atoms with van der Waals surface area (Å²) in [5.74, 6) is 0.0787. The van der Waals surface area contributed by atoms with Crippen LogP contribution in [0.3, 0.4) is 0 Å². The number of hydrogen-bond acceptors (Lipinski definition) is 2. The number of rotatable bonds is 4. The van der Waals surface area contributed by atoms with Crippen molar-refractivity contribution in [3.05, 3.63) is 0 Å². The highest BCUT2D eigenvalue weighted by Crippen LogP contribution is 2.09. The van der Waals surface area contributed by atoms with Crippen molar-refractivity contribution in [2.24, 2.45) is 5.92 Å². The van der Waals surface area contributed by atoms with Gasteiger partial charge in [0.1, 0.15) is 0 Å². The number of aliphatic hydroxyl groups is 2. The van der Waals surface area contributed by atoms with Gasteiger partial charge in [-0.25, -0.2) is 0 Å². The lowest BCUT2D eigenvalue weighted by molar-refractivity contribution is 0.0753. The molecule has 0 aliphatic carbocycles. The Morgan fingerprint density at radius 3 is 2.11 bits per heavy atom. The predicted molar refractivity (Wildman–Crippen MR) is 37.2 cm³/mol. The van der Waals surface area contributed by atoms with Gasteiger partial charge >= 0.3 is 0 Å². The lowest BCUT2D eigenvalue weighted by Crippen LogP contribution is -2.19. The average Bonchev–Trinajstić information content (AvgIpc) is 1.82. The molecule has 0 saturated heterocycles. The molecule has 56 valence electrons. The third-order valence-electron chi connectivity index (χ3n) is 1.58. The van der Waals surface area contributed by atoms with E-state index >= 15 is 0 Å². The predicted octanol–water partition coefficient (Wildman–Crippen LogP) is 0.776. The molecule has 2 atom stereocenters. The maximum absolute atomic E-state index is 8.98. The number of hydrogen-bond donors (Lipinski definition) is 2. The Balaban J connectivity index is 3.41. The smallest absolute Gasteiger partial charge is 0.0562 e. The molecule has 0 heterocycles. The van der Waals surface area contributed by atoms with Crippen LogP contribution in [0.25, 0.3) is 0 Å². The van der Waals surface area contributed by atoms with Crippen LogP contribution in [0.4, 0.5) is 0 Å². The highest BCUT2D eigenvalue weighted by atomic mass is 16.3. The Labute approximate surface area is 56.5 Å². The second-order valence-corrected chi connectivity index (χ2v) is 2.47. The van der Waals surface area contributed by atoms with Crippen molar-refractivity contribution in [2.45, 2.75) is 32.8 Å². The highest BCUT2D eigenvalue weighted by Gasteiger charge is 2.11. The second-order valence-electron chi connectivity index (χ2n) is 2.47.